The summed E-state index contributed by atoms with van der Waals surface area (Å²) in [5, 5.41) is 3.55. The first kappa shape index (κ1) is 13.4. The van der Waals surface area contributed by atoms with Gasteiger partial charge in [-0.1, -0.05) is 26.0 Å². The molecule has 1 aromatic rings. The van der Waals surface area contributed by atoms with Crippen molar-refractivity contribution in [3.63, 3.8) is 0 Å². The van der Waals surface area contributed by atoms with Crippen molar-refractivity contribution < 1.29 is 0 Å². The average Bonchev–Trinajstić information content (AvgIpc) is 2.28. The van der Waals surface area contributed by atoms with Crippen molar-refractivity contribution in [2.24, 2.45) is 5.41 Å². The maximum Gasteiger partial charge on any atom is 0.0398 e. The summed E-state index contributed by atoms with van der Waals surface area (Å²) >= 11 is 0. The molecule has 1 aromatic carbocycles. The molecule has 1 N–H and O–H groups in total. The molecule has 1 aliphatic rings. The van der Waals surface area contributed by atoms with Crippen molar-refractivity contribution in [1.82, 2.24) is 5.32 Å². The lowest BCUT2D eigenvalue weighted by molar-refractivity contribution is 0.325. The van der Waals surface area contributed by atoms with Gasteiger partial charge in [-0.15, -0.1) is 0 Å². The van der Waals surface area contributed by atoms with Crippen LogP contribution in [0.4, 0.5) is 5.69 Å². The predicted octanol–water partition coefficient (Wildman–Crippen LogP) is 3.13. The third kappa shape index (κ3) is 3.05. The van der Waals surface area contributed by atoms with Gasteiger partial charge in [0.2, 0.25) is 0 Å². The highest BCUT2D eigenvalue weighted by molar-refractivity contribution is 5.56. The zero-order valence-electron chi connectivity index (χ0n) is 12.2. The summed E-state index contributed by atoms with van der Waals surface area (Å²) in [4.78, 5) is 2.57. The van der Waals surface area contributed by atoms with E-state index in [1.165, 1.54) is 23.2 Å². The first-order chi connectivity index (χ1) is 8.49. The van der Waals surface area contributed by atoms with E-state index in [4.69, 9.17) is 0 Å². The quantitative estimate of drug-likeness (QED) is 0.819. The lowest BCUT2D eigenvalue weighted by atomic mass is 9.91. The number of hydrogen-bond donors (Lipinski definition) is 1. The third-order valence-corrected chi connectivity index (χ3v) is 3.92. The number of rotatable bonds is 1. The Morgan fingerprint density at radius 1 is 1.22 bits per heavy atom. The van der Waals surface area contributed by atoms with Crippen LogP contribution in [0.3, 0.4) is 0 Å². The van der Waals surface area contributed by atoms with Gasteiger partial charge in [-0.25, -0.2) is 0 Å². The molecular weight excluding hydrogens is 220 g/mol. The number of nitrogens with one attached hydrogen (secondary N) is 1. The highest BCUT2D eigenvalue weighted by Crippen LogP contribution is 2.27. The molecule has 0 aromatic heterocycles. The van der Waals surface area contributed by atoms with Crippen molar-refractivity contribution in [1.29, 1.82) is 0 Å². The Balaban J connectivity index is 2.26. The smallest absolute Gasteiger partial charge is 0.0398 e. The molecule has 1 fully saturated rings. The second-order valence-electron chi connectivity index (χ2n) is 6.34. The van der Waals surface area contributed by atoms with E-state index in [1.54, 1.807) is 0 Å². The molecule has 100 valence electrons. The van der Waals surface area contributed by atoms with E-state index in [2.05, 4.69) is 56.1 Å². The minimum absolute atomic E-state index is 0.330. The summed E-state index contributed by atoms with van der Waals surface area (Å²) in [6, 6.07) is 6.66. The van der Waals surface area contributed by atoms with Crippen molar-refractivity contribution in [2.75, 3.05) is 31.1 Å². The van der Waals surface area contributed by atoms with Crippen LogP contribution in [0.2, 0.25) is 0 Å². The fourth-order valence-corrected chi connectivity index (χ4v) is 2.76. The molecule has 18 heavy (non-hydrogen) atoms. The van der Waals surface area contributed by atoms with Crippen molar-refractivity contribution in [3.8, 4) is 0 Å². The van der Waals surface area contributed by atoms with Crippen LogP contribution in [-0.4, -0.2) is 26.2 Å². The van der Waals surface area contributed by atoms with Gasteiger partial charge in [0.25, 0.3) is 0 Å². The minimum atomic E-state index is 0.330. The summed E-state index contributed by atoms with van der Waals surface area (Å²) in [7, 11) is 0. The van der Waals surface area contributed by atoms with E-state index in [0.717, 1.165) is 26.2 Å². The standard InChI is InChI=1S/C16H26N2/c1-13-7-5-8-15(14(13)2)18-10-6-9-17-11-16(3,4)12-18/h5,7-8,17H,6,9-12H2,1-4H3. The summed E-state index contributed by atoms with van der Waals surface area (Å²) in [6.07, 6.45) is 1.23. The van der Waals surface area contributed by atoms with E-state index in [9.17, 15) is 0 Å². The molecule has 0 aliphatic carbocycles. The molecule has 0 radical (unpaired) electrons. The van der Waals surface area contributed by atoms with Gasteiger partial charge in [0.1, 0.15) is 0 Å². The lowest BCUT2D eigenvalue weighted by Crippen LogP contribution is -2.44. The van der Waals surface area contributed by atoms with Crippen molar-refractivity contribution in [3.05, 3.63) is 29.3 Å². The molecule has 2 nitrogen and oxygen atoms in total. The molecule has 1 saturated heterocycles. The normalized spacial score (nSPS) is 20.3. The topological polar surface area (TPSA) is 15.3 Å². The van der Waals surface area contributed by atoms with Crippen molar-refractivity contribution >= 4 is 5.69 Å². The molecule has 0 bridgehead atoms. The molecule has 0 spiro atoms. The summed E-state index contributed by atoms with van der Waals surface area (Å²) in [5.41, 5.74) is 4.58. The van der Waals surface area contributed by atoms with Crippen LogP contribution in [0.5, 0.6) is 0 Å². The van der Waals surface area contributed by atoms with E-state index in [-0.39, 0.29) is 0 Å². The van der Waals surface area contributed by atoms with E-state index >= 15 is 0 Å². The SMILES string of the molecule is Cc1cccc(N2CCCNCC(C)(C)C2)c1C. The second kappa shape index (κ2) is 5.31. The summed E-state index contributed by atoms with van der Waals surface area (Å²) in [5.74, 6) is 0. The van der Waals surface area contributed by atoms with Gasteiger partial charge in [-0.05, 0) is 49.4 Å². The lowest BCUT2D eigenvalue weighted by Gasteiger charge is -2.37. The van der Waals surface area contributed by atoms with Crippen LogP contribution in [0.1, 0.15) is 31.4 Å². The summed E-state index contributed by atoms with van der Waals surface area (Å²) < 4.78 is 0. The highest BCUT2D eigenvalue weighted by atomic mass is 15.1. The Kier molecular flexibility index (Phi) is 3.96. The zero-order chi connectivity index (χ0) is 13.2. The Labute approximate surface area is 111 Å². The zero-order valence-corrected chi connectivity index (χ0v) is 12.2. The molecule has 2 heteroatoms. The van der Waals surface area contributed by atoms with Crippen LogP contribution in [0, 0.1) is 19.3 Å². The van der Waals surface area contributed by atoms with E-state index < -0.39 is 0 Å². The fourth-order valence-electron chi connectivity index (χ4n) is 2.76. The minimum Gasteiger partial charge on any atom is -0.371 e. The maximum absolute atomic E-state index is 3.55. The number of nitrogens with zero attached hydrogens (tertiary/aromatic N) is 1. The Morgan fingerprint density at radius 3 is 2.78 bits per heavy atom. The van der Waals surface area contributed by atoms with Crippen LogP contribution in [-0.2, 0) is 0 Å². The molecular formula is C16H26N2. The largest absolute Gasteiger partial charge is 0.371 e. The van der Waals surface area contributed by atoms with Crippen LogP contribution >= 0.6 is 0 Å². The van der Waals surface area contributed by atoms with Crippen LogP contribution in [0.15, 0.2) is 18.2 Å². The molecule has 0 unspecified atom stereocenters. The number of anilines is 1. The van der Waals surface area contributed by atoms with E-state index in [1.807, 2.05) is 0 Å². The average molecular weight is 246 g/mol. The fraction of sp³-hybridized carbons (Fsp3) is 0.625. The van der Waals surface area contributed by atoms with Crippen LogP contribution < -0.4 is 10.2 Å². The maximum atomic E-state index is 3.55. The molecule has 1 heterocycles. The van der Waals surface area contributed by atoms with Gasteiger partial charge < -0.3 is 10.2 Å². The van der Waals surface area contributed by atoms with Gasteiger partial charge >= 0.3 is 0 Å². The third-order valence-electron chi connectivity index (χ3n) is 3.92. The van der Waals surface area contributed by atoms with Gasteiger partial charge in [0.15, 0.2) is 0 Å². The van der Waals surface area contributed by atoms with Gasteiger partial charge in [-0.3, -0.25) is 0 Å². The molecule has 1 aliphatic heterocycles. The molecule has 0 saturated carbocycles. The first-order valence-electron chi connectivity index (χ1n) is 7.01. The van der Waals surface area contributed by atoms with Crippen molar-refractivity contribution in [2.45, 2.75) is 34.1 Å². The monoisotopic (exact) mass is 246 g/mol. The Hall–Kier alpha value is -1.02. The molecule has 0 amide bonds. The predicted molar refractivity (Wildman–Crippen MR) is 79.4 cm³/mol. The summed E-state index contributed by atoms with van der Waals surface area (Å²) in [6.45, 7) is 13.7. The first-order valence-corrected chi connectivity index (χ1v) is 7.01. The Bertz CT molecular complexity index is 410. The number of benzene rings is 1. The number of hydrogen-bond acceptors (Lipinski definition) is 2. The van der Waals surface area contributed by atoms with Gasteiger partial charge in [0.05, 0.1) is 0 Å². The highest BCUT2D eigenvalue weighted by Gasteiger charge is 2.24. The van der Waals surface area contributed by atoms with Gasteiger partial charge in [0, 0.05) is 25.3 Å². The second-order valence-corrected chi connectivity index (χ2v) is 6.34. The number of aryl methyl sites for hydroxylation is 1. The van der Waals surface area contributed by atoms with E-state index in [0.29, 0.717) is 5.41 Å². The van der Waals surface area contributed by atoms with Gasteiger partial charge in [-0.2, -0.15) is 0 Å². The Morgan fingerprint density at radius 2 is 2.00 bits per heavy atom. The molecule has 2 rings (SSSR count). The van der Waals surface area contributed by atoms with Crippen LogP contribution in [0.25, 0.3) is 0 Å². The molecule has 0 atom stereocenters.